The molecular weight excluding hydrogens is 426 g/mol. The van der Waals surface area contributed by atoms with Crippen LogP contribution in [-0.2, 0) is 0 Å². The Kier molecular flexibility index (Phi) is 8.31. The van der Waals surface area contributed by atoms with E-state index in [0.717, 1.165) is 66.7 Å². The first-order chi connectivity index (χ1) is 16.7. The molecule has 3 aromatic carbocycles. The monoisotopic (exact) mass is 459 g/mol. The van der Waals surface area contributed by atoms with Crippen LogP contribution in [0, 0.1) is 0 Å². The SMILES string of the molecule is CCN1CCC(NC/C(=C/c2ccc(C(=O)NO)cc2)COc2cccc3ccccc23)CC1. The summed E-state index contributed by atoms with van der Waals surface area (Å²) in [7, 11) is 0. The number of ether oxygens (including phenoxy) is 1. The maximum absolute atomic E-state index is 11.6. The summed E-state index contributed by atoms with van der Waals surface area (Å²) in [5.74, 6) is 0.352. The van der Waals surface area contributed by atoms with E-state index in [-0.39, 0.29) is 0 Å². The summed E-state index contributed by atoms with van der Waals surface area (Å²) in [6.07, 6.45) is 4.41. The Morgan fingerprint density at radius 3 is 2.53 bits per heavy atom. The molecule has 1 aliphatic rings. The number of likely N-dealkylation sites (tertiary alicyclic amines) is 1. The molecule has 0 spiro atoms. The molecule has 4 rings (SSSR count). The van der Waals surface area contributed by atoms with Crippen LogP contribution in [0.4, 0.5) is 0 Å². The van der Waals surface area contributed by atoms with E-state index in [1.54, 1.807) is 17.6 Å². The summed E-state index contributed by atoms with van der Waals surface area (Å²) >= 11 is 0. The number of fused-ring (bicyclic) bond motifs is 1. The van der Waals surface area contributed by atoms with Crippen LogP contribution in [0.2, 0.25) is 0 Å². The Morgan fingerprint density at radius 2 is 1.79 bits per heavy atom. The van der Waals surface area contributed by atoms with E-state index >= 15 is 0 Å². The van der Waals surface area contributed by atoms with Crippen molar-refractivity contribution in [2.75, 3.05) is 32.8 Å². The fourth-order valence-electron chi connectivity index (χ4n) is 4.40. The maximum Gasteiger partial charge on any atom is 0.274 e. The third-order valence-electron chi connectivity index (χ3n) is 6.46. The Bertz CT molecular complexity index is 1110. The summed E-state index contributed by atoms with van der Waals surface area (Å²) < 4.78 is 6.29. The number of nitrogens with zero attached hydrogens (tertiary/aromatic N) is 1. The smallest absolute Gasteiger partial charge is 0.274 e. The predicted octanol–water partition coefficient (Wildman–Crippen LogP) is 4.50. The standard InChI is InChI=1S/C28H33N3O3/c1-2-31-16-14-25(15-17-31)29-19-22(18-21-10-12-24(13-11-21)28(32)30-33)20-34-27-9-5-7-23-6-3-4-8-26(23)27/h3-13,18,25,29,33H,2,14-17,19-20H2,1H3,(H,30,32)/b22-18-. The van der Waals surface area contributed by atoms with E-state index in [1.807, 2.05) is 36.4 Å². The largest absolute Gasteiger partial charge is 0.489 e. The number of nitrogens with one attached hydrogen (secondary N) is 2. The average molecular weight is 460 g/mol. The van der Waals surface area contributed by atoms with E-state index in [4.69, 9.17) is 9.94 Å². The van der Waals surface area contributed by atoms with Crippen molar-refractivity contribution in [2.45, 2.75) is 25.8 Å². The molecule has 34 heavy (non-hydrogen) atoms. The zero-order valence-electron chi connectivity index (χ0n) is 19.7. The van der Waals surface area contributed by atoms with Gasteiger partial charge in [0.1, 0.15) is 12.4 Å². The first-order valence-corrected chi connectivity index (χ1v) is 12.0. The highest BCUT2D eigenvalue weighted by atomic mass is 16.5. The normalized spacial score (nSPS) is 15.4. The second kappa shape index (κ2) is 11.8. The number of carbonyl (C=O) groups excluding carboxylic acids is 1. The minimum Gasteiger partial charge on any atom is -0.489 e. The molecule has 0 saturated carbocycles. The second-order valence-electron chi connectivity index (χ2n) is 8.72. The minimum absolute atomic E-state index is 0.411. The van der Waals surface area contributed by atoms with Crippen LogP contribution in [0.5, 0.6) is 5.75 Å². The van der Waals surface area contributed by atoms with Gasteiger partial charge in [-0.2, -0.15) is 0 Å². The molecule has 6 heteroatoms. The molecule has 0 aliphatic carbocycles. The highest BCUT2D eigenvalue weighted by molar-refractivity contribution is 5.93. The summed E-state index contributed by atoms with van der Waals surface area (Å²) in [5, 5.41) is 14.8. The van der Waals surface area contributed by atoms with E-state index in [1.165, 1.54) is 0 Å². The quantitative estimate of drug-likeness (QED) is 0.325. The van der Waals surface area contributed by atoms with E-state index in [0.29, 0.717) is 18.2 Å². The minimum atomic E-state index is -0.518. The molecular formula is C28H33N3O3. The number of hydrogen-bond donors (Lipinski definition) is 3. The van der Waals surface area contributed by atoms with Crippen molar-refractivity contribution >= 4 is 22.8 Å². The molecule has 1 heterocycles. The van der Waals surface area contributed by atoms with Crippen LogP contribution < -0.4 is 15.5 Å². The van der Waals surface area contributed by atoms with E-state index in [2.05, 4.69) is 41.4 Å². The Labute approximate surface area is 201 Å². The lowest BCUT2D eigenvalue weighted by Crippen LogP contribution is -2.43. The molecule has 0 bridgehead atoms. The lowest BCUT2D eigenvalue weighted by atomic mass is 10.0. The van der Waals surface area contributed by atoms with Crippen molar-refractivity contribution in [3.8, 4) is 5.75 Å². The maximum atomic E-state index is 11.6. The Balaban J connectivity index is 1.48. The molecule has 3 N–H and O–H groups in total. The molecule has 0 aromatic heterocycles. The molecule has 1 saturated heterocycles. The van der Waals surface area contributed by atoms with Crippen molar-refractivity contribution < 1.29 is 14.7 Å². The van der Waals surface area contributed by atoms with Crippen LogP contribution in [-0.4, -0.2) is 54.8 Å². The second-order valence-corrected chi connectivity index (χ2v) is 8.72. The van der Waals surface area contributed by atoms with Gasteiger partial charge in [0, 0.05) is 23.5 Å². The highest BCUT2D eigenvalue weighted by Gasteiger charge is 2.18. The van der Waals surface area contributed by atoms with Gasteiger partial charge < -0.3 is 15.0 Å². The van der Waals surface area contributed by atoms with Gasteiger partial charge in [-0.05, 0) is 67.2 Å². The molecule has 1 fully saturated rings. The van der Waals surface area contributed by atoms with Gasteiger partial charge in [-0.25, -0.2) is 5.48 Å². The fraction of sp³-hybridized carbons (Fsp3) is 0.321. The van der Waals surface area contributed by atoms with Crippen LogP contribution >= 0.6 is 0 Å². The average Bonchev–Trinajstić information content (AvgIpc) is 2.90. The molecule has 0 unspecified atom stereocenters. The van der Waals surface area contributed by atoms with Crippen molar-refractivity contribution in [3.05, 3.63) is 83.4 Å². The molecule has 1 aliphatic heterocycles. The molecule has 3 aromatic rings. The van der Waals surface area contributed by atoms with Gasteiger partial charge in [0.25, 0.3) is 5.91 Å². The molecule has 178 valence electrons. The number of carbonyl (C=O) groups is 1. The Hall–Kier alpha value is -3.19. The zero-order valence-corrected chi connectivity index (χ0v) is 19.7. The van der Waals surface area contributed by atoms with Crippen molar-refractivity contribution in [3.63, 3.8) is 0 Å². The van der Waals surface area contributed by atoms with E-state index in [9.17, 15) is 4.79 Å². The van der Waals surface area contributed by atoms with Gasteiger partial charge in [0.15, 0.2) is 0 Å². The number of hydrogen-bond acceptors (Lipinski definition) is 5. The third-order valence-corrected chi connectivity index (χ3v) is 6.46. The predicted molar refractivity (Wildman–Crippen MR) is 136 cm³/mol. The van der Waals surface area contributed by atoms with Gasteiger partial charge in [-0.1, -0.05) is 61.5 Å². The summed E-state index contributed by atoms with van der Waals surface area (Å²) in [4.78, 5) is 14.1. The summed E-state index contributed by atoms with van der Waals surface area (Å²) in [5.41, 5.74) is 4.19. The van der Waals surface area contributed by atoms with Crippen LogP contribution in [0.25, 0.3) is 16.8 Å². The number of amides is 1. The van der Waals surface area contributed by atoms with Gasteiger partial charge in [-0.3, -0.25) is 10.0 Å². The molecule has 6 nitrogen and oxygen atoms in total. The third kappa shape index (κ3) is 6.23. The van der Waals surface area contributed by atoms with E-state index < -0.39 is 5.91 Å². The number of rotatable bonds is 9. The molecule has 1 amide bonds. The first-order valence-electron chi connectivity index (χ1n) is 12.0. The summed E-state index contributed by atoms with van der Waals surface area (Å²) in [6.45, 7) is 6.80. The summed E-state index contributed by atoms with van der Waals surface area (Å²) in [6, 6.07) is 22.0. The molecule has 0 radical (unpaired) electrons. The lowest BCUT2D eigenvalue weighted by Gasteiger charge is -2.31. The Morgan fingerprint density at radius 1 is 1.06 bits per heavy atom. The number of benzene rings is 3. The van der Waals surface area contributed by atoms with Gasteiger partial charge in [0.05, 0.1) is 0 Å². The fourth-order valence-corrected chi connectivity index (χ4v) is 4.40. The van der Waals surface area contributed by atoms with Crippen LogP contribution in [0.3, 0.4) is 0 Å². The van der Waals surface area contributed by atoms with Gasteiger partial charge >= 0.3 is 0 Å². The number of piperidine rings is 1. The molecule has 0 atom stereocenters. The van der Waals surface area contributed by atoms with Crippen molar-refractivity contribution in [2.24, 2.45) is 0 Å². The van der Waals surface area contributed by atoms with Gasteiger partial charge in [-0.15, -0.1) is 0 Å². The van der Waals surface area contributed by atoms with Crippen LogP contribution in [0.15, 0.2) is 72.3 Å². The highest BCUT2D eigenvalue weighted by Crippen LogP contribution is 2.25. The number of hydroxylamine groups is 1. The van der Waals surface area contributed by atoms with Crippen molar-refractivity contribution in [1.82, 2.24) is 15.7 Å². The van der Waals surface area contributed by atoms with Crippen LogP contribution in [0.1, 0.15) is 35.7 Å². The topological polar surface area (TPSA) is 73.8 Å². The lowest BCUT2D eigenvalue weighted by molar-refractivity contribution is 0.0706. The first kappa shape index (κ1) is 24.0. The zero-order chi connectivity index (χ0) is 23.8. The van der Waals surface area contributed by atoms with Gasteiger partial charge in [0.2, 0.25) is 0 Å². The van der Waals surface area contributed by atoms with Crippen molar-refractivity contribution in [1.29, 1.82) is 0 Å².